The molecule has 0 radical (unpaired) electrons. The van der Waals surface area contributed by atoms with Crippen molar-refractivity contribution in [3.63, 3.8) is 0 Å². The average molecular weight is 333 g/mol. The summed E-state index contributed by atoms with van der Waals surface area (Å²) in [5, 5.41) is 3.32. The Kier molecular flexibility index (Phi) is 6.84. The van der Waals surface area contributed by atoms with Gasteiger partial charge < -0.3 is 5.32 Å². The first-order valence-corrected chi connectivity index (χ1v) is 9.81. The predicted octanol–water partition coefficient (Wildman–Crippen LogP) is 3.27. The largest absolute Gasteiger partial charge is 0.312 e. The van der Waals surface area contributed by atoms with Gasteiger partial charge in [-0.3, -0.25) is 0 Å². The Balaban J connectivity index is 2.77. The maximum Gasteiger partial charge on any atom is 0.250 e. The number of hydrogen-bond acceptors (Lipinski definition) is 4. The van der Waals surface area contributed by atoms with Gasteiger partial charge in [-0.2, -0.15) is 0 Å². The van der Waals surface area contributed by atoms with Crippen LogP contribution in [0.5, 0.6) is 0 Å². The van der Waals surface area contributed by atoms with Gasteiger partial charge in [0.2, 0.25) is 10.0 Å². The second-order valence-corrected chi connectivity index (χ2v) is 9.32. The zero-order chi connectivity index (χ0) is 16.1. The first-order valence-electron chi connectivity index (χ1n) is 7.51. The third-order valence-corrected chi connectivity index (χ3v) is 6.78. The molecule has 2 N–H and O–H groups in total. The van der Waals surface area contributed by atoms with Crippen LogP contribution in [0.15, 0.2) is 10.3 Å². The van der Waals surface area contributed by atoms with E-state index < -0.39 is 10.0 Å². The molecule has 0 atom stereocenters. The number of thiophene rings is 1. The van der Waals surface area contributed by atoms with E-state index in [1.54, 1.807) is 6.07 Å². The predicted molar refractivity (Wildman–Crippen MR) is 90.3 cm³/mol. The zero-order valence-electron chi connectivity index (χ0n) is 13.7. The minimum absolute atomic E-state index is 0.0229. The fourth-order valence-corrected chi connectivity index (χ4v) is 4.51. The minimum atomic E-state index is -3.40. The van der Waals surface area contributed by atoms with Crippen LogP contribution in [-0.2, 0) is 16.6 Å². The van der Waals surface area contributed by atoms with E-state index in [1.165, 1.54) is 11.3 Å². The van der Waals surface area contributed by atoms with Crippen molar-refractivity contribution in [2.75, 3.05) is 13.1 Å². The van der Waals surface area contributed by atoms with Crippen LogP contribution in [0, 0.1) is 12.3 Å². The molecule has 0 saturated carbocycles. The van der Waals surface area contributed by atoms with E-state index in [0.29, 0.717) is 10.8 Å². The Morgan fingerprint density at radius 3 is 2.52 bits per heavy atom. The number of hydrogen-bond donors (Lipinski definition) is 2. The van der Waals surface area contributed by atoms with E-state index >= 15 is 0 Å². The third kappa shape index (κ3) is 5.70. The van der Waals surface area contributed by atoms with E-state index in [9.17, 15) is 8.42 Å². The summed E-state index contributed by atoms with van der Waals surface area (Å²) in [5.74, 6) is 0. The van der Waals surface area contributed by atoms with E-state index in [4.69, 9.17) is 0 Å². The van der Waals surface area contributed by atoms with E-state index in [-0.39, 0.29) is 5.41 Å². The number of sulfonamides is 1. The van der Waals surface area contributed by atoms with Crippen LogP contribution in [0.3, 0.4) is 0 Å². The topological polar surface area (TPSA) is 58.2 Å². The summed E-state index contributed by atoms with van der Waals surface area (Å²) in [5.41, 5.74) is 1.02. The van der Waals surface area contributed by atoms with Crippen molar-refractivity contribution in [2.45, 2.75) is 58.2 Å². The summed E-state index contributed by atoms with van der Waals surface area (Å²) in [6.07, 6.45) is 2.01. The van der Waals surface area contributed by atoms with Gasteiger partial charge in [0.1, 0.15) is 4.21 Å². The molecule has 1 heterocycles. The Morgan fingerprint density at radius 1 is 1.29 bits per heavy atom. The fraction of sp³-hybridized carbons (Fsp3) is 0.733. The monoisotopic (exact) mass is 332 g/mol. The maximum atomic E-state index is 12.4. The molecular formula is C15H28N2O2S2. The van der Waals surface area contributed by atoms with Crippen LogP contribution < -0.4 is 10.0 Å². The van der Waals surface area contributed by atoms with Gasteiger partial charge in [-0.15, -0.1) is 11.3 Å². The number of aryl methyl sites for hydroxylation is 1. The molecule has 0 saturated heterocycles. The second kappa shape index (κ2) is 7.72. The molecule has 0 amide bonds. The first kappa shape index (κ1) is 18.6. The van der Waals surface area contributed by atoms with Crippen LogP contribution >= 0.6 is 11.3 Å². The van der Waals surface area contributed by atoms with Crippen LogP contribution in [-0.4, -0.2) is 21.5 Å². The van der Waals surface area contributed by atoms with Gasteiger partial charge in [-0.25, -0.2) is 13.1 Å². The molecule has 0 aliphatic rings. The Labute approximate surface area is 133 Å². The van der Waals surface area contributed by atoms with Crippen LogP contribution in [0.2, 0.25) is 0 Å². The Morgan fingerprint density at radius 2 is 1.95 bits per heavy atom. The maximum absolute atomic E-state index is 12.4. The number of nitrogens with one attached hydrogen (secondary N) is 2. The molecule has 0 spiro atoms. The van der Waals surface area contributed by atoms with Gasteiger partial charge in [0.05, 0.1) is 0 Å². The molecule has 21 heavy (non-hydrogen) atoms. The van der Waals surface area contributed by atoms with Crippen molar-refractivity contribution in [2.24, 2.45) is 5.41 Å². The molecule has 0 fully saturated rings. The summed E-state index contributed by atoms with van der Waals surface area (Å²) in [6, 6.07) is 1.77. The summed E-state index contributed by atoms with van der Waals surface area (Å²) in [4.78, 5) is 1.10. The highest BCUT2D eigenvalue weighted by molar-refractivity contribution is 7.91. The lowest BCUT2D eigenvalue weighted by molar-refractivity contribution is 0.350. The molecule has 0 aromatic carbocycles. The molecule has 1 rings (SSSR count). The summed E-state index contributed by atoms with van der Waals surface area (Å²) >= 11 is 1.36. The molecule has 1 aromatic heterocycles. The van der Waals surface area contributed by atoms with Gasteiger partial charge in [0, 0.05) is 18.0 Å². The van der Waals surface area contributed by atoms with E-state index in [2.05, 4.69) is 37.7 Å². The SMILES string of the molecule is CCCNCc1sc(S(=O)(=O)NCC(C)(C)CC)cc1C. The summed E-state index contributed by atoms with van der Waals surface area (Å²) in [7, 11) is -3.40. The highest BCUT2D eigenvalue weighted by Crippen LogP contribution is 2.27. The molecule has 0 aliphatic heterocycles. The van der Waals surface area contributed by atoms with Crippen LogP contribution in [0.4, 0.5) is 0 Å². The van der Waals surface area contributed by atoms with Gasteiger partial charge in [-0.1, -0.05) is 27.7 Å². The summed E-state index contributed by atoms with van der Waals surface area (Å²) < 4.78 is 27.9. The Bertz CT molecular complexity index is 548. The molecule has 122 valence electrons. The van der Waals surface area contributed by atoms with Crippen molar-refractivity contribution in [3.8, 4) is 0 Å². The molecular weight excluding hydrogens is 304 g/mol. The second-order valence-electron chi connectivity index (χ2n) is 6.19. The van der Waals surface area contributed by atoms with E-state index in [0.717, 1.165) is 36.4 Å². The molecule has 6 heteroatoms. The summed E-state index contributed by atoms with van der Waals surface area (Å²) in [6.45, 7) is 12.4. The van der Waals surface area contributed by atoms with Gasteiger partial charge in [0.25, 0.3) is 0 Å². The van der Waals surface area contributed by atoms with Crippen LogP contribution in [0.1, 0.15) is 51.0 Å². The minimum Gasteiger partial charge on any atom is -0.312 e. The number of rotatable bonds is 9. The van der Waals surface area contributed by atoms with Gasteiger partial charge in [-0.05, 0) is 43.4 Å². The van der Waals surface area contributed by atoms with E-state index in [1.807, 2.05) is 6.92 Å². The van der Waals surface area contributed by atoms with Crippen molar-refractivity contribution < 1.29 is 8.42 Å². The first-order chi connectivity index (χ1) is 9.72. The average Bonchev–Trinajstić information content (AvgIpc) is 2.80. The molecule has 4 nitrogen and oxygen atoms in total. The zero-order valence-corrected chi connectivity index (χ0v) is 15.4. The molecule has 0 aliphatic carbocycles. The fourth-order valence-electron chi connectivity index (χ4n) is 1.66. The van der Waals surface area contributed by atoms with Gasteiger partial charge >= 0.3 is 0 Å². The normalized spacial score (nSPS) is 12.8. The molecule has 1 aromatic rings. The lowest BCUT2D eigenvalue weighted by Crippen LogP contribution is -2.33. The smallest absolute Gasteiger partial charge is 0.250 e. The molecule has 0 bridgehead atoms. The van der Waals surface area contributed by atoms with Crippen molar-refractivity contribution in [3.05, 3.63) is 16.5 Å². The van der Waals surface area contributed by atoms with Crippen LogP contribution in [0.25, 0.3) is 0 Å². The standard InChI is InChI=1S/C15H28N2O2S2/c1-6-8-16-10-13-12(3)9-14(20-13)21(18,19)17-11-15(4,5)7-2/h9,16-17H,6-8,10-11H2,1-5H3. The highest BCUT2D eigenvalue weighted by Gasteiger charge is 2.23. The van der Waals surface area contributed by atoms with Crippen molar-refractivity contribution in [1.82, 2.24) is 10.0 Å². The highest BCUT2D eigenvalue weighted by atomic mass is 32.2. The van der Waals surface area contributed by atoms with Gasteiger partial charge in [0.15, 0.2) is 0 Å². The lowest BCUT2D eigenvalue weighted by Gasteiger charge is -2.22. The lowest BCUT2D eigenvalue weighted by atomic mass is 9.91. The van der Waals surface area contributed by atoms with Crippen molar-refractivity contribution in [1.29, 1.82) is 0 Å². The molecule has 0 unspecified atom stereocenters. The van der Waals surface area contributed by atoms with Crippen molar-refractivity contribution >= 4 is 21.4 Å². The third-order valence-electron chi connectivity index (χ3n) is 3.67. The Hall–Kier alpha value is -0.430. The quantitative estimate of drug-likeness (QED) is 0.682.